The fourth-order valence-corrected chi connectivity index (χ4v) is 2.87. The van der Waals surface area contributed by atoms with Crippen molar-refractivity contribution in [1.29, 1.82) is 0 Å². The van der Waals surface area contributed by atoms with Gasteiger partial charge in [-0.15, -0.1) is 0 Å². The van der Waals surface area contributed by atoms with Gasteiger partial charge < -0.3 is 5.11 Å². The summed E-state index contributed by atoms with van der Waals surface area (Å²) in [6, 6.07) is 14.2. The number of benzene rings is 2. The predicted molar refractivity (Wildman–Crippen MR) is 85.3 cm³/mol. The Morgan fingerprint density at radius 1 is 1.10 bits per heavy atom. The van der Waals surface area contributed by atoms with Crippen LogP contribution >= 0.6 is 0 Å². The first-order chi connectivity index (χ1) is 10.1. The van der Waals surface area contributed by atoms with Crippen LogP contribution in [0, 0.1) is 13.8 Å². The molecule has 0 aliphatic heterocycles. The van der Waals surface area contributed by atoms with Crippen molar-refractivity contribution in [2.45, 2.75) is 26.4 Å². The molecule has 0 spiro atoms. The van der Waals surface area contributed by atoms with Crippen molar-refractivity contribution < 1.29 is 5.11 Å². The van der Waals surface area contributed by atoms with Gasteiger partial charge >= 0.3 is 0 Å². The molecular weight excluding hydrogens is 260 g/mol. The minimum atomic E-state index is -0.525. The predicted octanol–water partition coefficient (Wildman–Crippen LogP) is 3.47. The molecule has 0 radical (unpaired) electrons. The van der Waals surface area contributed by atoms with E-state index in [4.69, 9.17) is 0 Å². The van der Waals surface area contributed by atoms with Crippen LogP contribution in [-0.4, -0.2) is 14.9 Å². The van der Waals surface area contributed by atoms with E-state index in [1.165, 1.54) is 5.56 Å². The summed E-state index contributed by atoms with van der Waals surface area (Å²) in [5, 5.41) is 16.3. The van der Waals surface area contributed by atoms with E-state index in [1.807, 2.05) is 36.0 Å². The molecule has 0 saturated carbocycles. The van der Waals surface area contributed by atoms with Crippen LogP contribution in [0.15, 0.2) is 42.5 Å². The average molecular weight is 280 g/mol. The number of para-hydroxylation sites is 1. The highest BCUT2D eigenvalue weighted by molar-refractivity contribution is 5.81. The van der Waals surface area contributed by atoms with E-state index < -0.39 is 6.10 Å². The van der Waals surface area contributed by atoms with Crippen molar-refractivity contribution in [1.82, 2.24) is 9.78 Å². The van der Waals surface area contributed by atoms with Crippen LogP contribution in [0.2, 0.25) is 0 Å². The topological polar surface area (TPSA) is 38.1 Å². The number of rotatable bonds is 3. The molecule has 3 rings (SSSR count). The number of aromatic nitrogens is 2. The average Bonchev–Trinajstić information content (AvgIpc) is 2.79. The Hall–Kier alpha value is -2.13. The third-order valence-electron chi connectivity index (χ3n) is 4.23. The van der Waals surface area contributed by atoms with Crippen molar-refractivity contribution in [3.05, 3.63) is 64.8 Å². The SMILES string of the molecule is Cc1cccc(C(O)Cc2nn(C)c3ccccc23)c1C. The maximum absolute atomic E-state index is 10.6. The van der Waals surface area contributed by atoms with Crippen molar-refractivity contribution in [2.24, 2.45) is 7.05 Å². The summed E-state index contributed by atoms with van der Waals surface area (Å²) in [7, 11) is 1.94. The Morgan fingerprint density at radius 3 is 2.67 bits per heavy atom. The Labute approximate surface area is 124 Å². The summed E-state index contributed by atoms with van der Waals surface area (Å²) in [6.45, 7) is 4.13. The molecule has 3 nitrogen and oxygen atoms in total. The zero-order valence-electron chi connectivity index (χ0n) is 12.7. The smallest absolute Gasteiger partial charge is 0.0849 e. The zero-order chi connectivity index (χ0) is 15.0. The van der Waals surface area contributed by atoms with Crippen LogP contribution in [-0.2, 0) is 13.5 Å². The van der Waals surface area contributed by atoms with Crippen LogP contribution in [0.4, 0.5) is 0 Å². The number of aliphatic hydroxyl groups is 1. The molecule has 1 aromatic heterocycles. The van der Waals surface area contributed by atoms with Gasteiger partial charge in [-0.1, -0.05) is 36.4 Å². The van der Waals surface area contributed by atoms with E-state index in [1.54, 1.807) is 0 Å². The third kappa shape index (κ3) is 2.45. The lowest BCUT2D eigenvalue weighted by atomic mass is 9.96. The molecule has 3 heteroatoms. The van der Waals surface area contributed by atoms with E-state index in [0.29, 0.717) is 6.42 Å². The second kappa shape index (κ2) is 5.34. The van der Waals surface area contributed by atoms with Gasteiger partial charge in [-0.05, 0) is 36.6 Å². The second-order valence-corrected chi connectivity index (χ2v) is 5.60. The molecule has 0 saturated heterocycles. The van der Waals surface area contributed by atoms with E-state index in [9.17, 15) is 5.11 Å². The van der Waals surface area contributed by atoms with Gasteiger partial charge in [0.05, 0.1) is 17.3 Å². The minimum Gasteiger partial charge on any atom is -0.388 e. The van der Waals surface area contributed by atoms with E-state index in [-0.39, 0.29) is 0 Å². The van der Waals surface area contributed by atoms with Crippen molar-refractivity contribution in [2.75, 3.05) is 0 Å². The zero-order valence-corrected chi connectivity index (χ0v) is 12.7. The van der Waals surface area contributed by atoms with Crippen LogP contribution in [0.5, 0.6) is 0 Å². The molecule has 2 aromatic carbocycles. The number of nitrogens with zero attached hydrogens (tertiary/aromatic N) is 2. The van der Waals surface area contributed by atoms with E-state index >= 15 is 0 Å². The Bertz CT molecular complexity index is 789. The van der Waals surface area contributed by atoms with E-state index in [0.717, 1.165) is 27.7 Å². The summed E-state index contributed by atoms with van der Waals surface area (Å²) >= 11 is 0. The molecule has 0 amide bonds. The van der Waals surface area contributed by atoms with Gasteiger partial charge in [0, 0.05) is 18.9 Å². The monoisotopic (exact) mass is 280 g/mol. The summed E-state index contributed by atoms with van der Waals surface area (Å²) in [5.74, 6) is 0. The molecule has 3 aromatic rings. The molecular formula is C18H20N2O. The van der Waals surface area contributed by atoms with Gasteiger partial charge in [0.25, 0.3) is 0 Å². The Morgan fingerprint density at radius 2 is 1.86 bits per heavy atom. The Kier molecular flexibility index (Phi) is 3.52. The molecule has 21 heavy (non-hydrogen) atoms. The van der Waals surface area contributed by atoms with Gasteiger partial charge in [-0.25, -0.2) is 0 Å². The first-order valence-electron chi connectivity index (χ1n) is 7.22. The third-order valence-corrected chi connectivity index (χ3v) is 4.23. The summed E-state index contributed by atoms with van der Waals surface area (Å²) < 4.78 is 1.88. The van der Waals surface area contributed by atoms with Gasteiger partial charge in [0.1, 0.15) is 0 Å². The number of hydrogen-bond donors (Lipinski definition) is 1. The highest BCUT2D eigenvalue weighted by Crippen LogP contribution is 2.26. The van der Waals surface area contributed by atoms with Crippen LogP contribution < -0.4 is 0 Å². The lowest BCUT2D eigenvalue weighted by Gasteiger charge is -2.14. The summed E-state index contributed by atoms with van der Waals surface area (Å²) in [4.78, 5) is 0. The largest absolute Gasteiger partial charge is 0.388 e. The quantitative estimate of drug-likeness (QED) is 0.797. The van der Waals surface area contributed by atoms with Crippen molar-refractivity contribution in [3.8, 4) is 0 Å². The minimum absolute atomic E-state index is 0.525. The van der Waals surface area contributed by atoms with Gasteiger partial charge in [-0.2, -0.15) is 5.10 Å². The normalized spacial score (nSPS) is 12.8. The standard InChI is InChI=1S/C18H20N2O/c1-12-7-6-9-14(13(12)2)18(21)11-16-15-8-4-5-10-17(15)20(3)19-16/h4-10,18,21H,11H2,1-3H3. The fraction of sp³-hybridized carbons (Fsp3) is 0.278. The Balaban J connectivity index is 1.97. The summed E-state index contributed by atoms with van der Waals surface area (Å²) in [6.07, 6.45) is 0.00857. The molecule has 0 aliphatic carbocycles. The molecule has 0 fully saturated rings. The van der Waals surface area contributed by atoms with Gasteiger partial charge in [0.15, 0.2) is 0 Å². The van der Waals surface area contributed by atoms with E-state index in [2.05, 4.69) is 37.1 Å². The lowest BCUT2D eigenvalue weighted by Crippen LogP contribution is -2.06. The highest BCUT2D eigenvalue weighted by atomic mass is 16.3. The van der Waals surface area contributed by atoms with Crippen LogP contribution in [0.3, 0.4) is 0 Å². The molecule has 0 bridgehead atoms. The molecule has 1 heterocycles. The number of aliphatic hydroxyl groups excluding tert-OH is 1. The molecule has 1 unspecified atom stereocenters. The maximum atomic E-state index is 10.6. The van der Waals surface area contributed by atoms with Crippen molar-refractivity contribution in [3.63, 3.8) is 0 Å². The first-order valence-corrected chi connectivity index (χ1v) is 7.22. The van der Waals surface area contributed by atoms with Crippen LogP contribution in [0.25, 0.3) is 10.9 Å². The number of fused-ring (bicyclic) bond motifs is 1. The summed E-state index contributed by atoms with van der Waals surface area (Å²) in [5.41, 5.74) is 5.40. The highest BCUT2D eigenvalue weighted by Gasteiger charge is 2.16. The molecule has 108 valence electrons. The maximum Gasteiger partial charge on any atom is 0.0849 e. The van der Waals surface area contributed by atoms with Crippen LogP contribution in [0.1, 0.15) is 28.5 Å². The van der Waals surface area contributed by atoms with Gasteiger partial charge in [0.2, 0.25) is 0 Å². The fourth-order valence-electron chi connectivity index (χ4n) is 2.87. The van der Waals surface area contributed by atoms with Crippen molar-refractivity contribution >= 4 is 10.9 Å². The second-order valence-electron chi connectivity index (χ2n) is 5.60. The first kappa shape index (κ1) is 13.8. The number of aryl methyl sites for hydroxylation is 2. The number of hydrogen-bond acceptors (Lipinski definition) is 2. The van der Waals surface area contributed by atoms with Gasteiger partial charge in [-0.3, -0.25) is 4.68 Å². The lowest BCUT2D eigenvalue weighted by molar-refractivity contribution is 0.176. The molecule has 1 atom stereocenters. The molecule has 1 N–H and O–H groups in total. The molecule has 0 aliphatic rings.